The van der Waals surface area contributed by atoms with E-state index in [9.17, 15) is 27.7 Å². The van der Waals surface area contributed by atoms with Crippen molar-refractivity contribution in [2.75, 3.05) is 18.6 Å². The number of non-ortho nitro benzene ring substituents is 1. The van der Waals surface area contributed by atoms with Gasteiger partial charge in [0.05, 0.1) is 16.2 Å². The molecule has 1 N–H and O–H groups in total. The number of nitrogens with zero attached hydrogens (tertiary/aromatic N) is 1. The van der Waals surface area contributed by atoms with E-state index in [4.69, 9.17) is 0 Å². The lowest BCUT2D eigenvalue weighted by Gasteiger charge is -2.07. The molecule has 0 saturated heterocycles. The lowest BCUT2D eigenvalue weighted by molar-refractivity contribution is -0.385. The Hall–Kier alpha value is -2.03. The number of hydrogen-bond acceptors (Lipinski definition) is 5. The molecule has 0 spiro atoms. The average Bonchev–Trinajstić information content (AvgIpc) is 2.36. The van der Waals surface area contributed by atoms with Gasteiger partial charge in [0.1, 0.15) is 15.7 Å². The molecule has 21 heavy (non-hydrogen) atoms. The lowest BCUT2D eigenvalue weighted by Crippen LogP contribution is -2.27. The third-order valence-electron chi connectivity index (χ3n) is 2.67. The largest absolute Gasteiger partial charge is 0.352 e. The van der Waals surface area contributed by atoms with Crippen LogP contribution in [-0.4, -0.2) is 37.8 Å². The SMILES string of the molecule is Cc1cc([N+](=O)[O-])cc(C(=O)NCCCS(C)(=O)=O)c1F. The molecule has 1 aromatic carbocycles. The molecule has 1 aromatic rings. The highest BCUT2D eigenvalue weighted by Gasteiger charge is 2.19. The third-order valence-corrected chi connectivity index (χ3v) is 3.70. The minimum Gasteiger partial charge on any atom is -0.352 e. The number of halogens is 1. The molecule has 0 aromatic heterocycles. The molecule has 1 amide bonds. The van der Waals surface area contributed by atoms with Crippen LogP contribution in [0, 0.1) is 22.9 Å². The van der Waals surface area contributed by atoms with Crippen molar-refractivity contribution in [3.05, 3.63) is 39.2 Å². The number of hydrogen-bond donors (Lipinski definition) is 1. The summed E-state index contributed by atoms with van der Waals surface area (Å²) in [5, 5.41) is 13.0. The van der Waals surface area contributed by atoms with E-state index in [1.54, 1.807) is 0 Å². The molecule has 0 heterocycles. The lowest BCUT2D eigenvalue weighted by atomic mass is 10.1. The Morgan fingerprint density at radius 1 is 1.43 bits per heavy atom. The van der Waals surface area contributed by atoms with E-state index >= 15 is 0 Å². The molecule has 0 radical (unpaired) electrons. The van der Waals surface area contributed by atoms with Crippen molar-refractivity contribution in [2.45, 2.75) is 13.3 Å². The predicted molar refractivity (Wildman–Crippen MR) is 74.5 cm³/mol. The summed E-state index contributed by atoms with van der Waals surface area (Å²) in [6, 6.07) is 1.89. The van der Waals surface area contributed by atoms with Gasteiger partial charge in [0.15, 0.2) is 0 Å². The molecule has 0 fully saturated rings. The molecule has 0 bridgehead atoms. The highest BCUT2D eigenvalue weighted by molar-refractivity contribution is 7.90. The van der Waals surface area contributed by atoms with Crippen LogP contribution >= 0.6 is 0 Å². The van der Waals surface area contributed by atoms with Gasteiger partial charge in [0.2, 0.25) is 0 Å². The number of nitro groups is 1. The van der Waals surface area contributed by atoms with Crippen LogP contribution in [0.3, 0.4) is 0 Å². The number of aryl methyl sites for hydroxylation is 1. The van der Waals surface area contributed by atoms with Crippen molar-refractivity contribution in [2.24, 2.45) is 0 Å². The number of sulfone groups is 1. The molecule has 116 valence electrons. The normalized spacial score (nSPS) is 11.2. The molecular formula is C12H15FN2O5S. The van der Waals surface area contributed by atoms with Crippen molar-refractivity contribution < 1.29 is 22.5 Å². The van der Waals surface area contributed by atoms with Crippen LogP contribution in [0.1, 0.15) is 22.3 Å². The number of benzene rings is 1. The first-order chi connectivity index (χ1) is 9.61. The Kier molecular flexibility index (Phi) is 5.36. The number of carbonyl (C=O) groups excluding carboxylic acids is 1. The van der Waals surface area contributed by atoms with Gasteiger partial charge < -0.3 is 5.32 Å². The topological polar surface area (TPSA) is 106 Å². The first-order valence-electron chi connectivity index (χ1n) is 6.02. The van der Waals surface area contributed by atoms with Crippen molar-refractivity contribution in [1.29, 1.82) is 0 Å². The Balaban J connectivity index is 2.80. The Bertz CT molecular complexity index is 672. The number of amides is 1. The fourth-order valence-electron chi connectivity index (χ4n) is 1.65. The molecule has 0 aliphatic carbocycles. The van der Waals surface area contributed by atoms with E-state index in [1.807, 2.05) is 0 Å². The first-order valence-corrected chi connectivity index (χ1v) is 8.08. The molecule has 0 aliphatic heterocycles. The van der Waals surface area contributed by atoms with Gasteiger partial charge in [-0.05, 0) is 18.9 Å². The van der Waals surface area contributed by atoms with Gasteiger partial charge in [-0.2, -0.15) is 0 Å². The van der Waals surface area contributed by atoms with Crippen LogP contribution in [0.2, 0.25) is 0 Å². The van der Waals surface area contributed by atoms with Gasteiger partial charge in [0.25, 0.3) is 11.6 Å². The molecule has 0 aliphatic rings. The summed E-state index contributed by atoms with van der Waals surface area (Å²) < 4.78 is 35.6. The summed E-state index contributed by atoms with van der Waals surface area (Å²) in [5.74, 6) is -1.75. The van der Waals surface area contributed by atoms with Gasteiger partial charge in [-0.25, -0.2) is 12.8 Å². The van der Waals surface area contributed by atoms with E-state index in [1.165, 1.54) is 6.92 Å². The van der Waals surface area contributed by atoms with Crippen LogP contribution in [0.4, 0.5) is 10.1 Å². The molecule has 9 heteroatoms. The highest BCUT2D eigenvalue weighted by Crippen LogP contribution is 2.20. The van der Waals surface area contributed by atoms with Gasteiger partial charge in [0, 0.05) is 24.9 Å². The summed E-state index contributed by atoms with van der Waals surface area (Å²) >= 11 is 0. The molecule has 0 saturated carbocycles. The van der Waals surface area contributed by atoms with Gasteiger partial charge in [-0.15, -0.1) is 0 Å². The van der Waals surface area contributed by atoms with Crippen molar-refractivity contribution in [3.8, 4) is 0 Å². The monoisotopic (exact) mass is 318 g/mol. The molecule has 0 atom stereocenters. The summed E-state index contributed by atoms with van der Waals surface area (Å²) in [6.45, 7) is 1.36. The zero-order valence-corrected chi connectivity index (χ0v) is 12.4. The zero-order valence-electron chi connectivity index (χ0n) is 11.6. The second kappa shape index (κ2) is 6.61. The summed E-state index contributed by atoms with van der Waals surface area (Å²) in [5.41, 5.74) is -0.818. The van der Waals surface area contributed by atoms with E-state index < -0.39 is 32.0 Å². The summed E-state index contributed by atoms with van der Waals surface area (Å²) in [6.07, 6.45) is 1.25. The number of carbonyl (C=O) groups is 1. The molecule has 7 nitrogen and oxygen atoms in total. The van der Waals surface area contributed by atoms with Gasteiger partial charge in [-0.3, -0.25) is 14.9 Å². The van der Waals surface area contributed by atoms with Crippen molar-refractivity contribution >= 4 is 21.4 Å². The Morgan fingerprint density at radius 3 is 2.57 bits per heavy atom. The molecule has 0 unspecified atom stereocenters. The van der Waals surface area contributed by atoms with Crippen LogP contribution in [0.5, 0.6) is 0 Å². The van der Waals surface area contributed by atoms with Crippen molar-refractivity contribution in [1.82, 2.24) is 5.32 Å². The maximum Gasteiger partial charge on any atom is 0.270 e. The Labute approximate surface area is 121 Å². The van der Waals surface area contributed by atoms with E-state index in [0.29, 0.717) is 0 Å². The third kappa shape index (κ3) is 5.10. The van der Waals surface area contributed by atoms with E-state index in [2.05, 4.69) is 5.32 Å². The minimum absolute atomic E-state index is 0.00881. The zero-order chi connectivity index (χ0) is 16.2. The fraction of sp³-hybridized carbons (Fsp3) is 0.417. The first kappa shape index (κ1) is 17.0. The summed E-state index contributed by atoms with van der Waals surface area (Å²) in [4.78, 5) is 21.8. The molecule has 1 rings (SSSR count). The van der Waals surface area contributed by atoms with Crippen molar-refractivity contribution in [3.63, 3.8) is 0 Å². The van der Waals surface area contributed by atoms with E-state index in [-0.39, 0.29) is 30.0 Å². The second-order valence-electron chi connectivity index (χ2n) is 4.62. The second-order valence-corrected chi connectivity index (χ2v) is 6.88. The smallest absolute Gasteiger partial charge is 0.270 e. The number of nitrogens with one attached hydrogen (secondary N) is 1. The average molecular weight is 318 g/mol. The Morgan fingerprint density at radius 2 is 2.05 bits per heavy atom. The van der Waals surface area contributed by atoms with Crippen LogP contribution in [-0.2, 0) is 9.84 Å². The maximum absolute atomic E-state index is 13.8. The summed E-state index contributed by atoms with van der Waals surface area (Å²) in [7, 11) is -3.13. The molecular weight excluding hydrogens is 303 g/mol. The van der Waals surface area contributed by atoms with Crippen LogP contribution < -0.4 is 5.32 Å². The minimum atomic E-state index is -3.13. The predicted octanol–water partition coefficient (Wildman–Crippen LogP) is 1.21. The van der Waals surface area contributed by atoms with E-state index in [0.717, 1.165) is 18.4 Å². The number of nitro benzene ring substituents is 1. The highest BCUT2D eigenvalue weighted by atomic mass is 32.2. The van der Waals surface area contributed by atoms with Crippen LogP contribution in [0.25, 0.3) is 0 Å². The van der Waals surface area contributed by atoms with Gasteiger partial charge >= 0.3 is 0 Å². The van der Waals surface area contributed by atoms with Gasteiger partial charge in [-0.1, -0.05) is 0 Å². The fourth-order valence-corrected chi connectivity index (χ4v) is 2.32. The van der Waals surface area contributed by atoms with Crippen LogP contribution in [0.15, 0.2) is 12.1 Å². The number of rotatable bonds is 6. The maximum atomic E-state index is 13.8. The standard InChI is InChI=1S/C12H15FN2O5S/c1-8-6-9(15(17)18)7-10(11(8)13)12(16)14-4-3-5-21(2,19)20/h6-7H,3-5H2,1-2H3,(H,14,16). The quantitative estimate of drug-likeness (QED) is 0.482.